The number of carbonyl (C=O) groups is 1. The molecule has 5 heteroatoms. The van der Waals surface area contributed by atoms with Crippen molar-refractivity contribution in [1.29, 1.82) is 0 Å². The van der Waals surface area contributed by atoms with Crippen molar-refractivity contribution < 1.29 is 4.79 Å². The van der Waals surface area contributed by atoms with Gasteiger partial charge in [0.25, 0.3) is 5.91 Å². The molecule has 3 nitrogen and oxygen atoms in total. The molecule has 0 aliphatic heterocycles. The maximum Gasteiger partial charge on any atom is 0.271 e. The van der Waals surface area contributed by atoms with Crippen molar-refractivity contribution in [2.24, 2.45) is 5.10 Å². The lowest BCUT2D eigenvalue weighted by Crippen LogP contribution is -2.17. The lowest BCUT2D eigenvalue weighted by atomic mass is 10.0. The number of amides is 1. The van der Waals surface area contributed by atoms with Crippen molar-refractivity contribution in [3.8, 4) is 0 Å². The van der Waals surface area contributed by atoms with Crippen LogP contribution in [0.3, 0.4) is 0 Å². The van der Waals surface area contributed by atoms with Crippen molar-refractivity contribution in [3.63, 3.8) is 0 Å². The Morgan fingerprint density at radius 2 is 1.78 bits per heavy atom. The van der Waals surface area contributed by atoms with E-state index in [0.717, 1.165) is 10.8 Å². The van der Waals surface area contributed by atoms with Gasteiger partial charge in [0.05, 0.1) is 11.2 Å². The summed E-state index contributed by atoms with van der Waals surface area (Å²) in [5.74, 6) is -0.275. The second-order valence-electron chi connectivity index (χ2n) is 4.89. The number of halogens is 2. The minimum absolute atomic E-state index is 0.275. The molecular formula is C18H12Cl2N2O. The molecule has 0 saturated heterocycles. The number of fused-ring (bicyclic) bond motifs is 1. The van der Waals surface area contributed by atoms with E-state index in [1.807, 2.05) is 36.4 Å². The Labute approximate surface area is 143 Å². The van der Waals surface area contributed by atoms with Crippen molar-refractivity contribution in [2.75, 3.05) is 0 Å². The Morgan fingerprint density at radius 1 is 1.00 bits per heavy atom. The first-order valence-corrected chi connectivity index (χ1v) is 7.67. The summed E-state index contributed by atoms with van der Waals surface area (Å²) in [5.41, 5.74) is 3.77. The standard InChI is InChI=1S/C18H12Cl2N2O/c19-14-9-8-13(17(20)10-14)11-21-22-18(23)16-7-3-5-12-4-1-2-6-15(12)16/h1-11H,(H,22,23)/b21-11+. The second-order valence-corrected chi connectivity index (χ2v) is 5.74. The van der Waals surface area contributed by atoms with Gasteiger partial charge in [0, 0.05) is 16.1 Å². The third kappa shape index (κ3) is 3.52. The Kier molecular flexibility index (Phi) is 4.60. The minimum atomic E-state index is -0.275. The summed E-state index contributed by atoms with van der Waals surface area (Å²) in [6, 6.07) is 18.3. The van der Waals surface area contributed by atoms with Gasteiger partial charge in [-0.2, -0.15) is 5.10 Å². The lowest BCUT2D eigenvalue weighted by molar-refractivity contribution is 0.0957. The lowest BCUT2D eigenvalue weighted by Gasteiger charge is -2.05. The molecule has 0 saturated carbocycles. The number of benzene rings is 3. The van der Waals surface area contributed by atoms with Crippen LogP contribution in [0.2, 0.25) is 10.0 Å². The molecule has 114 valence electrons. The summed E-state index contributed by atoms with van der Waals surface area (Å²) >= 11 is 11.9. The van der Waals surface area contributed by atoms with Gasteiger partial charge in [0.1, 0.15) is 0 Å². The van der Waals surface area contributed by atoms with E-state index in [1.54, 1.807) is 24.3 Å². The van der Waals surface area contributed by atoms with Crippen molar-refractivity contribution in [3.05, 3.63) is 81.8 Å². The molecule has 0 fully saturated rings. The van der Waals surface area contributed by atoms with Crippen LogP contribution in [0, 0.1) is 0 Å². The highest BCUT2D eigenvalue weighted by Crippen LogP contribution is 2.20. The maximum atomic E-state index is 12.3. The first kappa shape index (κ1) is 15.5. The first-order chi connectivity index (χ1) is 11.1. The fourth-order valence-corrected chi connectivity index (χ4v) is 2.71. The van der Waals surface area contributed by atoms with Crippen LogP contribution in [0.1, 0.15) is 15.9 Å². The fourth-order valence-electron chi connectivity index (χ4n) is 2.25. The highest BCUT2D eigenvalue weighted by molar-refractivity contribution is 6.36. The van der Waals surface area contributed by atoms with Crippen molar-refractivity contribution in [2.45, 2.75) is 0 Å². The molecule has 0 atom stereocenters. The van der Waals surface area contributed by atoms with E-state index in [0.29, 0.717) is 21.2 Å². The van der Waals surface area contributed by atoms with Gasteiger partial charge in [-0.1, -0.05) is 65.7 Å². The predicted octanol–water partition coefficient (Wildman–Crippen LogP) is 4.91. The third-order valence-electron chi connectivity index (χ3n) is 3.37. The second kappa shape index (κ2) is 6.82. The molecule has 0 heterocycles. The monoisotopic (exact) mass is 342 g/mol. The minimum Gasteiger partial charge on any atom is -0.267 e. The van der Waals surface area contributed by atoms with Gasteiger partial charge < -0.3 is 0 Å². The van der Waals surface area contributed by atoms with Crippen LogP contribution in [-0.4, -0.2) is 12.1 Å². The van der Waals surface area contributed by atoms with Crippen LogP contribution in [0.5, 0.6) is 0 Å². The third-order valence-corrected chi connectivity index (χ3v) is 3.93. The summed E-state index contributed by atoms with van der Waals surface area (Å²) in [6.07, 6.45) is 1.49. The van der Waals surface area contributed by atoms with Gasteiger partial charge in [-0.15, -0.1) is 0 Å². The highest BCUT2D eigenvalue weighted by Gasteiger charge is 2.08. The Balaban J connectivity index is 1.80. The Hall–Kier alpha value is -2.36. The van der Waals surface area contributed by atoms with E-state index < -0.39 is 0 Å². The molecular weight excluding hydrogens is 331 g/mol. The van der Waals surface area contributed by atoms with Crippen LogP contribution in [0.25, 0.3) is 10.8 Å². The number of nitrogens with one attached hydrogen (secondary N) is 1. The average molecular weight is 343 g/mol. The predicted molar refractivity (Wildman–Crippen MR) is 95.5 cm³/mol. The zero-order valence-electron chi connectivity index (χ0n) is 12.0. The Bertz CT molecular complexity index is 901. The van der Waals surface area contributed by atoms with Crippen LogP contribution in [-0.2, 0) is 0 Å². The van der Waals surface area contributed by atoms with E-state index in [9.17, 15) is 4.79 Å². The molecule has 0 radical (unpaired) electrons. The number of carbonyl (C=O) groups excluding carboxylic acids is 1. The summed E-state index contributed by atoms with van der Waals surface area (Å²) in [4.78, 5) is 12.3. The topological polar surface area (TPSA) is 41.5 Å². The summed E-state index contributed by atoms with van der Waals surface area (Å²) in [5, 5.41) is 6.87. The van der Waals surface area contributed by atoms with Crippen LogP contribution >= 0.6 is 23.2 Å². The van der Waals surface area contributed by atoms with Gasteiger partial charge in [-0.25, -0.2) is 5.43 Å². The molecule has 0 unspecified atom stereocenters. The first-order valence-electron chi connectivity index (χ1n) is 6.91. The van der Waals surface area contributed by atoms with E-state index in [2.05, 4.69) is 10.5 Å². The van der Waals surface area contributed by atoms with Gasteiger partial charge in [0.2, 0.25) is 0 Å². The number of hydrogen-bond donors (Lipinski definition) is 1. The van der Waals surface area contributed by atoms with Crippen LogP contribution in [0.15, 0.2) is 65.8 Å². The molecule has 1 amide bonds. The zero-order valence-corrected chi connectivity index (χ0v) is 13.5. The fraction of sp³-hybridized carbons (Fsp3) is 0. The number of hydrogen-bond acceptors (Lipinski definition) is 2. The molecule has 0 aliphatic carbocycles. The maximum absolute atomic E-state index is 12.3. The van der Waals surface area contributed by atoms with Crippen molar-refractivity contribution in [1.82, 2.24) is 5.43 Å². The molecule has 0 bridgehead atoms. The van der Waals surface area contributed by atoms with E-state index in [-0.39, 0.29) is 5.91 Å². The quantitative estimate of drug-likeness (QED) is 0.533. The average Bonchev–Trinajstić information content (AvgIpc) is 2.56. The molecule has 3 rings (SSSR count). The number of nitrogens with zero attached hydrogens (tertiary/aromatic N) is 1. The van der Waals surface area contributed by atoms with E-state index >= 15 is 0 Å². The summed E-state index contributed by atoms with van der Waals surface area (Å²) in [7, 11) is 0. The van der Waals surface area contributed by atoms with Crippen LogP contribution in [0.4, 0.5) is 0 Å². The molecule has 0 aliphatic rings. The number of rotatable bonds is 3. The molecule has 3 aromatic carbocycles. The summed E-state index contributed by atoms with van der Waals surface area (Å²) < 4.78 is 0. The smallest absolute Gasteiger partial charge is 0.267 e. The van der Waals surface area contributed by atoms with Crippen LogP contribution < -0.4 is 5.43 Å². The zero-order chi connectivity index (χ0) is 16.2. The molecule has 1 N–H and O–H groups in total. The van der Waals surface area contributed by atoms with Gasteiger partial charge in [0.15, 0.2) is 0 Å². The van der Waals surface area contributed by atoms with Gasteiger partial charge in [-0.05, 0) is 29.0 Å². The van der Waals surface area contributed by atoms with Gasteiger partial charge >= 0.3 is 0 Å². The molecule has 3 aromatic rings. The van der Waals surface area contributed by atoms with E-state index in [4.69, 9.17) is 23.2 Å². The number of hydrazone groups is 1. The normalized spacial score (nSPS) is 11.0. The molecule has 0 spiro atoms. The van der Waals surface area contributed by atoms with Crippen molar-refractivity contribution >= 4 is 46.1 Å². The Morgan fingerprint density at radius 3 is 2.61 bits per heavy atom. The highest BCUT2D eigenvalue weighted by atomic mass is 35.5. The molecule has 0 aromatic heterocycles. The SMILES string of the molecule is O=C(N/N=C/c1ccc(Cl)cc1Cl)c1cccc2ccccc12. The summed E-state index contributed by atoms with van der Waals surface area (Å²) in [6.45, 7) is 0. The van der Waals surface area contributed by atoms with Gasteiger partial charge in [-0.3, -0.25) is 4.79 Å². The van der Waals surface area contributed by atoms with E-state index in [1.165, 1.54) is 6.21 Å². The molecule has 23 heavy (non-hydrogen) atoms. The largest absolute Gasteiger partial charge is 0.271 e.